The van der Waals surface area contributed by atoms with Crippen molar-refractivity contribution in [2.24, 2.45) is 5.41 Å². The third kappa shape index (κ3) is 3.49. The van der Waals surface area contributed by atoms with Crippen LogP contribution in [0, 0.1) is 5.41 Å². The third-order valence-corrected chi connectivity index (χ3v) is 3.63. The molecule has 1 nitrogen and oxygen atoms in total. The summed E-state index contributed by atoms with van der Waals surface area (Å²) in [6.07, 6.45) is 0. The first-order valence-electron chi connectivity index (χ1n) is 7.41. The molecule has 0 amide bonds. The molecule has 2 rings (SSSR count). The quantitative estimate of drug-likeness (QED) is 0.817. The van der Waals surface area contributed by atoms with E-state index in [1.807, 2.05) is 0 Å². The second-order valence-electron chi connectivity index (χ2n) is 6.34. The number of benzene rings is 2. The highest BCUT2D eigenvalue weighted by Crippen LogP contribution is 2.33. The molecule has 0 bridgehead atoms. The maximum absolute atomic E-state index is 3.60. The topological polar surface area (TPSA) is 12.0 Å². The van der Waals surface area contributed by atoms with E-state index in [-0.39, 0.29) is 5.41 Å². The van der Waals surface area contributed by atoms with E-state index in [4.69, 9.17) is 0 Å². The van der Waals surface area contributed by atoms with E-state index >= 15 is 0 Å². The molecule has 0 heterocycles. The monoisotopic (exact) mass is 267 g/mol. The molecule has 0 fully saturated rings. The van der Waals surface area contributed by atoms with Crippen molar-refractivity contribution in [3.05, 3.63) is 60.2 Å². The minimum absolute atomic E-state index is 0.213. The van der Waals surface area contributed by atoms with Gasteiger partial charge in [-0.05, 0) is 28.7 Å². The first-order valence-corrected chi connectivity index (χ1v) is 7.41. The van der Waals surface area contributed by atoms with Gasteiger partial charge in [0, 0.05) is 6.04 Å². The fourth-order valence-electron chi connectivity index (χ4n) is 2.63. The molecule has 0 aromatic heterocycles. The molecule has 106 valence electrons. The Balaban J connectivity index is 2.27. The first-order chi connectivity index (χ1) is 9.52. The molecule has 20 heavy (non-hydrogen) atoms. The maximum Gasteiger partial charge on any atom is 0.0369 e. The van der Waals surface area contributed by atoms with Crippen molar-refractivity contribution in [2.75, 3.05) is 6.54 Å². The molecule has 1 atom stereocenters. The Labute approximate surface area is 123 Å². The minimum Gasteiger partial charge on any atom is -0.310 e. The van der Waals surface area contributed by atoms with Gasteiger partial charge < -0.3 is 5.32 Å². The fraction of sp³-hybridized carbons (Fsp3) is 0.368. The lowest BCUT2D eigenvalue weighted by atomic mass is 9.82. The van der Waals surface area contributed by atoms with Gasteiger partial charge in [-0.3, -0.25) is 0 Å². The molecule has 2 aromatic rings. The smallest absolute Gasteiger partial charge is 0.0369 e. The number of nitrogens with one attached hydrogen (secondary N) is 1. The van der Waals surface area contributed by atoms with Crippen LogP contribution in [0.25, 0.3) is 11.1 Å². The molecule has 1 N–H and O–H groups in total. The number of hydrogen-bond acceptors (Lipinski definition) is 1. The van der Waals surface area contributed by atoms with Crippen molar-refractivity contribution >= 4 is 0 Å². The molecule has 2 aromatic carbocycles. The summed E-state index contributed by atoms with van der Waals surface area (Å²) < 4.78 is 0. The van der Waals surface area contributed by atoms with Gasteiger partial charge in [0.1, 0.15) is 0 Å². The van der Waals surface area contributed by atoms with Crippen LogP contribution in [0.1, 0.15) is 39.3 Å². The minimum atomic E-state index is 0.213. The molecule has 0 aliphatic rings. The van der Waals surface area contributed by atoms with Crippen molar-refractivity contribution < 1.29 is 0 Å². The summed E-state index contributed by atoms with van der Waals surface area (Å²) in [7, 11) is 0. The van der Waals surface area contributed by atoms with Gasteiger partial charge in [0.25, 0.3) is 0 Å². The van der Waals surface area contributed by atoms with Gasteiger partial charge in [-0.15, -0.1) is 0 Å². The van der Waals surface area contributed by atoms with Gasteiger partial charge in [0.15, 0.2) is 0 Å². The van der Waals surface area contributed by atoms with Crippen molar-refractivity contribution in [1.82, 2.24) is 5.32 Å². The van der Waals surface area contributed by atoms with Crippen molar-refractivity contribution in [2.45, 2.75) is 33.7 Å². The SMILES string of the molecule is CCNC(c1ccc(-c2ccccc2)cc1)C(C)(C)C. The summed E-state index contributed by atoms with van der Waals surface area (Å²) in [5.74, 6) is 0. The lowest BCUT2D eigenvalue weighted by Gasteiger charge is -2.32. The maximum atomic E-state index is 3.60. The molecule has 1 heteroatoms. The zero-order chi connectivity index (χ0) is 14.6. The Bertz CT molecular complexity index is 520. The van der Waals surface area contributed by atoms with Gasteiger partial charge >= 0.3 is 0 Å². The zero-order valence-electron chi connectivity index (χ0n) is 13.0. The lowest BCUT2D eigenvalue weighted by Crippen LogP contribution is -2.32. The Morgan fingerprint density at radius 1 is 0.850 bits per heavy atom. The molecule has 0 aliphatic carbocycles. The lowest BCUT2D eigenvalue weighted by molar-refractivity contribution is 0.277. The van der Waals surface area contributed by atoms with Crippen LogP contribution in [0.5, 0.6) is 0 Å². The predicted molar refractivity (Wildman–Crippen MR) is 87.8 cm³/mol. The molecule has 0 aliphatic heterocycles. The van der Waals surface area contributed by atoms with Crippen LogP contribution in [-0.4, -0.2) is 6.54 Å². The van der Waals surface area contributed by atoms with Gasteiger partial charge in [-0.25, -0.2) is 0 Å². The van der Waals surface area contributed by atoms with Crippen LogP contribution in [0.3, 0.4) is 0 Å². The van der Waals surface area contributed by atoms with E-state index in [0.717, 1.165) is 6.54 Å². The van der Waals surface area contributed by atoms with E-state index in [1.54, 1.807) is 0 Å². The average molecular weight is 267 g/mol. The fourth-order valence-corrected chi connectivity index (χ4v) is 2.63. The van der Waals surface area contributed by atoms with Crippen LogP contribution in [0.4, 0.5) is 0 Å². The molecule has 0 saturated carbocycles. The van der Waals surface area contributed by atoms with E-state index in [0.29, 0.717) is 6.04 Å². The standard InChI is InChI=1S/C19H25N/c1-5-20-18(19(2,3)4)17-13-11-16(12-14-17)15-9-7-6-8-10-15/h6-14,18,20H,5H2,1-4H3. The van der Waals surface area contributed by atoms with Crippen LogP contribution in [0.2, 0.25) is 0 Å². The average Bonchev–Trinajstić information content (AvgIpc) is 2.45. The Morgan fingerprint density at radius 3 is 1.90 bits per heavy atom. The molecule has 0 radical (unpaired) electrons. The van der Waals surface area contributed by atoms with Crippen molar-refractivity contribution in [1.29, 1.82) is 0 Å². The summed E-state index contributed by atoms with van der Waals surface area (Å²) in [6.45, 7) is 10.0. The molecule has 0 spiro atoms. The Hall–Kier alpha value is -1.60. The predicted octanol–water partition coefficient (Wildman–Crippen LogP) is 5.05. The second kappa shape index (κ2) is 6.23. The van der Waals surface area contributed by atoms with Crippen LogP contribution < -0.4 is 5.32 Å². The van der Waals surface area contributed by atoms with Gasteiger partial charge in [-0.1, -0.05) is 82.3 Å². The van der Waals surface area contributed by atoms with Gasteiger partial charge in [-0.2, -0.15) is 0 Å². The highest BCUT2D eigenvalue weighted by molar-refractivity contribution is 5.63. The van der Waals surface area contributed by atoms with Crippen LogP contribution in [-0.2, 0) is 0 Å². The molecular weight excluding hydrogens is 242 g/mol. The number of rotatable bonds is 4. The second-order valence-corrected chi connectivity index (χ2v) is 6.34. The normalized spacial score (nSPS) is 13.2. The summed E-state index contributed by atoms with van der Waals surface area (Å²) in [5.41, 5.74) is 4.12. The molecular formula is C19H25N. The summed E-state index contributed by atoms with van der Waals surface area (Å²) in [4.78, 5) is 0. The van der Waals surface area contributed by atoms with E-state index in [9.17, 15) is 0 Å². The van der Waals surface area contributed by atoms with Crippen LogP contribution in [0.15, 0.2) is 54.6 Å². The summed E-state index contributed by atoms with van der Waals surface area (Å²) in [6, 6.07) is 19.9. The third-order valence-electron chi connectivity index (χ3n) is 3.63. The Kier molecular flexibility index (Phi) is 4.61. The number of hydrogen-bond donors (Lipinski definition) is 1. The largest absolute Gasteiger partial charge is 0.310 e. The summed E-state index contributed by atoms with van der Waals surface area (Å²) in [5, 5.41) is 3.60. The van der Waals surface area contributed by atoms with E-state index in [1.165, 1.54) is 16.7 Å². The van der Waals surface area contributed by atoms with Gasteiger partial charge in [0.05, 0.1) is 0 Å². The van der Waals surface area contributed by atoms with Crippen molar-refractivity contribution in [3.63, 3.8) is 0 Å². The highest BCUT2D eigenvalue weighted by Gasteiger charge is 2.25. The van der Waals surface area contributed by atoms with Gasteiger partial charge in [0.2, 0.25) is 0 Å². The zero-order valence-corrected chi connectivity index (χ0v) is 13.0. The molecule has 0 saturated heterocycles. The molecule has 1 unspecified atom stereocenters. The van der Waals surface area contributed by atoms with E-state index < -0.39 is 0 Å². The van der Waals surface area contributed by atoms with Crippen molar-refractivity contribution in [3.8, 4) is 11.1 Å². The van der Waals surface area contributed by atoms with Crippen LogP contribution >= 0.6 is 0 Å². The van der Waals surface area contributed by atoms with E-state index in [2.05, 4.69) is 87.6 Å². The summed E-state index contributed by atoms with van der Waals surface area (Å²) >= 11 is 0. The highest BCUT2D eigenvalue weighted by atomic mass is 14.9. The Morgan fingerprint density at radius 2 is 1.40 bits per heavy atom. The first kappa shape index (κ1) is 14.8.